The molecule has 4 rings (SSSR count). The van der Waals surface area contributed by atoms with Crippen LogP contribution in [-0.2, 0) is 22.4 Å². The second-order valence-electron chi connectivity index (χ2n) is 9.31. The van der Waals surface area contributed by atoms with E-state index in [4.69, 9.17) is 4.84 Å². The molecule has 0 saturated heterocycles. The Morgan fingerprint density at radius 2 is 1.68 bits per heavy atom. The Bertz CT molecular complexity index is 1010. The number of benzene rings is 2. The van der Waals surface area contributed by atoms with Crippen LogP contribution < -0.4 is 4.90 Å². The fourth-order valence-corrected chi connectivity index (χ4v) is 4.58. The van der Waals surface area contributed by atoms with Gasteiger partial charge in [0.05, 0.1) is 17.8 Å². The molecule has 1 aliphatic carbocycles. The minimum atomic E-state index is -4.38. The van der Waals surface area contributed by atoms with Crippen LogP contribution in [0.3, 0.4) is 0 Å². The van der Waals surface area contributed by atoms with Gasteiger partial charge in [-0.05, 0) is 48.2 Å². The second kappa shape index (κ2) is 10.1. The lowest BCUT2D eigenvalue weighted by atomic mass is 10.0. The van der Waals surface area contributed by atoms with E-state index in [0.717, 1.165) is 54.8 Å². The summed E-state index contributed by atoms with van der Waals surface area (Å²) in [5, 5.41) is 4.26. The summed E-state index contributed by atoms with van der Waals surface area (Å²) >= 11 is 0. The predicted octanol–water partition coefficient (Wildman–Crippen LogP) is 5.48. The Hall–Kier alpha value is -3.03. The third-order valence-corrected chi connectivity index (χ3v) is 6.54. The monoisotopic (exact) mass is 473 g/mol. The number of nitrogens with zero attached hydrogens (tertiary/aromatic N) is 3. The molecule has 0 aromatic heterocycles. The van der Waals surface area contributed by atoms with Crippen molar-refractivity contribution in [2.75, 3.05) is 25.5 Å². The lowest BCUT2D eigenvalue weighted by Gasteiger charge is -2.27. The summed E-state index contributed by atoms with van der Waals surface area (Å²) in [6.07, 6.45) is -0.330. The van der Waals surface area contributed by atoms with Crippen molar-refractivity contribution in [1.29, 1.82) is 0 Å². The van der Waals surface area contributed by atoms with Crippen LogP contribution in [0.2, 0.25) is 0 Å². The van der Waals surface area contributed by atoms with Gasteiger partial charge in [0.1, 0.15) is 0 Å². The number of oxime groups is 1. The molecule has 182 valence electrons. The Balaban J connectivity index is 1.44. The summed E-state index contributed by atoms with van der Waals surface area (Å²) in [4.78, 5) is 22.7. The molecule has 2 aliphatic rings. The molecule has 8 heteroatoms. The summed E-state index contributed by atoms with van der Waals surface area (Å²) in [5.74, 6) is 0.0135. The van der Waals surface area contributed by atoms with Crippen LogP contribution in [-0.4, -0.2) is 43.3 Å². The van der Waals surface area contributed by atoms with Gasteiger partial charge in [-0.15, -0.1) is 0 Å². The molecule has 1 aliphatic heterocycles. The minimum absolute atomic E-state index is 0.0326. The van der Waals surface area contributed by atoms with Gasteiger partial charge in [0, 0.05) is 38.7 Å². The van der Waals surface area contributed by atoms with Crippen molar-refractivity contribution in [3.05, 3.63) is 65.2 Å². The molecule has 5 nitrogen and oxygen atoms in total. The van der Waals surface area contributed by atoms with Gasteiger partial charge in [0.15, 0.2) is 6.10 Å². The van der Waals surface area contributed by atoms with Gasteiger partial charge in [-0.2, -0.15) is 13.2 Å². The highest BCUT2D eigenvalue weighted by Gasteiger charge is 2.33. The molecule has 0 radical (unpaired) electrons. The van der Waals surface area contributed by atoms with E-state index < -0.39 is 11.7 Å². The van der Waals surface area contributed by atoms with Gasteiger partial charge < -0.3 is 14.6 Å². The summed E-state index contributed by atoms with van der Waals surface area (Å²) in [5.41, 5.74) is 2.87. The Kier molecular flexibility index (Phi) is 7.14. The van der Waals surface area contributed by atoms with Gasteiger partial charge in [0.25, 0.3) is 0 Å². The summed E-state index contributed by atoms with van der Waals surface area (Å²) < 4.78 is 38.8. The van der Waals surface area contributed by atoms with Gasteiger partial charge in [-0.3, -0.25) is 4.79 Å². The van der Waals surface area contributed by atoms with E-state index in [2.05, 4.69) is 5.16 Å². The zero-order chi connectivity index (χ0) is 24.3. The number of alkyl halides is 3. The number of hydrogen-bond donors (Lipinski definition) is 0. The molecule has 1 atom stereocenters. The van der Waals surface area contributed by atoms with Crippen LogP contribution in [0.15, 0.2) is 53.7 Å². The van der Waals surface area contributed by atoms with Crippen LogP contribution >= 0.6 is 0 Å². The van der Waals surface area contributed by atoms with E-state index in [-0.39, 0.29) is 24.5 Å². The third kappa shape index (κ3) is 5.72. The van der Waals surface area contributed by atoms with Crippen LogP contribution in [0.1, 0.15) is 48.8 Å². The lowest BCUT2D eigenvalue weighted by molar-refractivity contribution is -0.138. The van der Waals surface area contributed by atoms with Crippen LogP contribution in [0, 0.1) is 5.92 Å². The van der Waals surface area contributed by atoms with Crippen molar-refractivity contribution in [2.24, 2.45) is 11.1 Å². The number of halogens is 3. The van der Waals surface area contributed by atoms with Crippen LogP contribution in [0.25, 0.3) is 0 Å². The van der Waals surface area contributed by atoms with E-state index >= 15 is 0 Å². The Morgan fingerprint density at radius 1 is 1.03 bits per heavy atom. The molecular formula is C26H30F3N3O2. The van der Waals surface area contributed by atoms with E-state index in [9.17, 15) is 18.0 Å². The molecular weight excluding hydrogens is 443 g/mol. The highest BCUT2D eigenvalue weighted by atomic mass is 19.4. The highest BCUT2D eigenvalue weighted by Crippen LogP contribution is 2.31. The van der Waals surface area contributed by atoms with Crippen molar-refractivity contribution >= 4 is 17.3 Å². The summed E-state index contributed by atoms with van der Waals surface area (Å²) in [6.45, 7) is 0.597. The molecule has 1 heterocycles. The average molecular weight is 474 g/mol. The molecule has 2 aromatic carbocycles. The van der Waals surface area contributed by atoms with Crippen LogP contribution in [0.4, 0.5) is 18.9 Å². The van der Waals surface area contributed by atoms with Crippen molar-refractivity contribution in [2.45, 2.75) is 50.9 Å². The van der Waals surface area contributed by atoms with Gasteiger partial charge >= 0.3 is 6.18 Å². The SMILES string of the molecule is CN(C)c1ccc(C2=NO[C@H](CN(Cc3ccc(C(F)(F)F)cc3)C(=O)C3CCCC3)C2)cc1. The number of carbonyl (C=O) groups is 1. The first-order valence-corrected chi connectivity index (χ1v) is 11.7. The molecule has 2 aromatic rings. The maximum absolute atomic E-state index is 13.3. The smallest absolute Gasteiger partial charge is 0.390 e. The van der Waals surface area contributed by atoms with E-state index in [1.54, 1.807) is 4.90 Å². The van der Waals surface area contributed by atoms with Gasteiger partial charge in [-0.25, -0.2) is 0 Å². The van der Waals surface area contributed by atoms with E-state index in [0.29, 0.717) is 18.5 Å². The fourth-order valence-electron chi connectivity index (χ4n) is 4.58. The molecule has 1 saturated carbocycles. The summed E-state index contributed by atoms with van der Waals surface area (Å²) in [7, 11) is 3.96. The Morgan fingerprint density at radius 3 is 2.26 bits per heavy atom. The number of rotatable bonds is 7. The zero-order valence-corrected chi connectivity index (χ0v) is 19.5. The third-order valence-electron chi connectivity index (χ3n) is 6.54. The molecule has 0 bridgehead atoms. The number of amides is 1. The molecule has 0 N–H and O–H groups in total. The lowest BCUT2D eigenvalue weighted by Crippen LogP contribution is -2.40. The predicted molar refractivity (Wildman–Crippen MR) is 126 cm³/mol. The first-order valence-electron chi connectivity index (χ1n) is 11.7. The van der Waals surface area contributed by atoms with Gasteiger partial charge in [-0.1, -0.05) is 42.3 Å². The van der Waals surface area contributed by atoms with E-state index in [1.165, 1.54) is 12.1 Å². The maximum Gasteiger partial charge on any atom is 0.416 e. The Labute approximate surface area is 198 Å². The van der Waals surface area contributed by atoms with Crippen molar-refractivity contribution in [1.82, 2.24) is 4.90 Å². The van der Waals surface area contributed by atoms with E-state index in [1.807, 2.05) is 43.3 Å². The maximum atomic E-state index is 13.3. The molecule has 1 amide bonds. The topological polar surface area (TPSA) is 45.1 Å². The van der Waals surface area contributed by atoms with Crippen LogP contribution in [0.5, 0.6) is 0 Å². The largest absolute Gasteiger partial charge is 0.416 e. The average Bonchev–Trinajstić information content (AvgIpc) is 3.51. The first-order chi connectivity index (χ1) is 16.2. The second-order valence-corrected chi connectivity index (χ2v) is 9.31. The molecule has 0 unspecified atom stereocenters. The number of anilines is 1. The first kappa shape index (κ1) is 24.1. The van der Waals surface area contributed by atoms with Crippen molar-refractivity contribution < 1.29 is 22.8 Å². The van der Waals surface area contributed by atoms with Gasteiger partial charge in [0.2, 0.25) is 5.91 Å². The number of hydrogen-bond acceptors (Lipinski definition) is 4. The number of carbonyl (C=O) groups excluding carboxylic acids is 1. The molecule has 1 fully saturated rings. The highest BCUT2D eigenvalue weighted by molar-refractivity contribution is 6.01. The fraction of sp³-hybridized carbons (Fsp3) is 0.462. The standard InChI is InChI=1S/C26H30F3N3O2/c1-31(2)22-13-9-19(10-14-22)24-15-23(34-30-24)17-32(25(33)20-5-3-4-6-20)16-18-7-11-21(12-8-18)26(27,28)29/h7-14,20,23H,3-6,15-17H2,1-2H3/t23-/m0/s1. The molecule has 34 heavy (non-hydrogen) atoms. The molecule has 0 spiro atoms. The van der Waals surface area contributed by atoms with Crippen molar-refractivity contribution in [3.8, 4) is 0 Å². The summed E-state index contributed by atoms with van der Waals surface area (Å²) in [6, 6.07) is 13.1. The zero-order valence-electron chi connectivity index (χ0n) is 19.5. The normalized spacial score (nSPS) is 18.5. The quantitative estimate of drug-likeness (QED) is 0.535. The van der Waals surface area contributed by atoms with Crippen molar-refractivity contribution in [3.63, 3.8) is 0 Å². The minimum Gasteiger partial charge on any atom is -0.390 e.